The van der Waals surface area contributed by atoms with Gasteiger partial charge in [0.1, 0.15) is 18.5 Å². The number of hydrogen-bond acceptors (Lipinski definition) is 6. The minimum Gasteiger partial charge on any atom is -0.492 e. The minimum absolute atomic E-state index is 0.267. The van der Waals surface area contributed by atoms with E-state index in [1.165, 1.54) is 14.0 Å². The number of thioether (sulfide) groups is 1. The monoisotopic (exact) mass is 312 g/mol. The van der Waals surface area contributed by atoms with Crippen LogP contribution in [0.2, 0.25) is 0 Å². The highest BCUT2D eigenvalue weighted by molar-refractivity contribution is 8.02. The smallest absolute Gasteiger partial charge is 0.267 e. The van der Waals surface area contributed by atoms with Crippen molar-refractivity contribution < 1.29 is 27.2 Å². The summed E-state index contributed by atoms with van der Waals surface area (Å²) in [6, 6.07) is 0. The average molecular weight is 312 g/mol. The third-order valence-electron chi connectivity index (χ3n) is 2.67. The Morgan fingerprint density at radius 2 is 2.32 bits per heavy atom. The quantitative estimate of drug-likeness (QED) is 0.783. The van der Waals surface area contributed by atoms with Crippen molar-refractivity contribution in [2.75, 3.05) is 32.7 Å². The molecule has 0 aromatic rings. The van der Waals surface area contributed by atoms with Gasteiger partial charge in [0, 0.05) is 24.9 Å². The van der Waals surface area contributed by atoms with Crippen molar-refractivity contribution in [1.82, 2.24) is 0 Å². The molecule has 0 bridgehead atoms. The molecule has 2 heterocycles. The summed E-state index contributed by atoms with van der Waals surface area (Å²) >= 11 is 1.77. The molecule has 0 radical (unpaired) electrons. The zero-order chi connectivity index (χ0) is 14.3. The lowest BCUT2D eigenvalue weighted by molar-refractivity contribution is -0.0291. The van der Waals surface area contributed by atoms with Gasteiger partial charge in [0.05, 0.1) is 11.9 Å². The molecule has 2 rings (SSSR count). The van der Waals surface area contributed by atoms with E-state index in [1.807, 2.05) is 5.41 Å². The van der Waals surface area contributed by atoms with Crippen LogP contribution in [0.3, 0.4) is 0 Å². The van der Waals surface area contributed by atoms with Crippen LogP contribution in [0.5, 0.6) is 0 Å². The highest BCUT2D eigenvalue weighted by atomic mass is 32.2. The number of ether oxygens (including phenoxy) is 3. The molecule has 2 aliphatic heterocycles. The first-order chi connectivity index (χ1) is 8.95. The van der Waals surface area contributed by atoms with Gasteiger partial charge in [0.25, 0.3) is 10.1 Å². The molecule has 0 spiro atoms. The summed E-state index contributed by atoms with van der Waals surface area (Å²) in [4.78, 5) is 0. The van der Waals surface area contributed by atoms with Crippen molar-refractivity contribution in [3.63, 3.8) is 0 Å². The van der Waals surface area contributed by atoms with Crippen LogP contribution in [0.15, 0.2) is 11.2 Å². The Balaban J connectivity index is 0.000000190. The second kappa shape index (κ2) is 8.11. The van der Waals surface area contributed by atoms with E-state index in [9.17, 15) is 8.42 Å². The van der Waals surface area contributed by atoms with Crippen LogP contribution < -0.4 is 0 Å². The minimum atomic E-state index is -3.86. The second-order valence-electron chi connectivity index (χ2n) is 4.17. The van der Waals surface area contributed by atoms with Crippen molar-refractivity contribution in [2.24, 2.45) is 0 Å². The maximum absolute atomic E-state index is 10.3. The first kappa shape index (κ1) is 16.8. The molecule has 1 N–H and O–H groups in total. The van der Waals surface area contributed by atoms with E-state index in [4.69, 9.17) is 14.0 Å². The number of methoxy groups -OCH3 is 1. The molecule has 0 saturated carbocycles. The van der Waals surface area contributed by atoms with Gasteiger partial charge in [-0.1, -0.05) is 0 Å². The normalized spacial score (nSPS) is 23.5. The maximum atomic E-state index is 10.3. The summed E-state index contributed by atoms with van der Waals surface area (Å²) in [5, 5.41) is 1.32. The number of hydrogen-bond donors (Lipinski definition) is 1. The van der Waals surface area contributed by atoms with Gasteiger partial charge in [-0.05, 0) is 13.3 Å². The zero-order valence-electron chi connectivity index (χ0n) is 11.1. The molecule has 0 aromatic carbocycles. The molecule has 1 fully saturated rings. The average Bonchev–Trinajstić information content (AvgIpc) is 2.83. The topological polar surface area (TPSA) is 82.1 Å². The molecular formula is C11H20O6S2. The number of rotatable bonds is 4. The summed E-state index contributed by atoms with van der Waals surface area (Å²) in [5.74, 6) is 2.07. The Hall–Kier alpha value is -0.280. The van der Waals surface area contributed by atoms with Crippen LogP contribution in [0.4, 0.5) is 0 Å². The highest BCUT2D eigenvalue weighted by Crippen LogP contribution is 2.27. The van der Waals surface area contributed by atoms with Crippen LogP contribution in [0, 0.1) is 0 Å². The SMILES string of the molecule is C1=C2OCCOC2CS1.COCCC(C)S(=O)(=O)O. The van der Waals surface area contributed by atoms with E-state index in [0.29, 0.717) is 13.0 Å². The van der Waals surface area contributed by atoms with Crippen LogP contribution in [0.1, 0.15) is 13.3 Å². The third kappa shape index (κ3) is 6.13. The molecular weight excluding hydrogens is 292 g/mol. The zero-order valence-corrected chi connectivity index (χ0v) is 12.7. The Morgan fingerprint density at radius 1 is 1.58 bits per heavy atom. The second-order valence-corrected chi connectivity index (χ2v) is 6.91. The van der Waals surface area contributed by atoms with Crippen molar-refractivity contribution in [3.05, 3.63) is 11.2 Å². The molecule has 0 amide bonds. The van der Waals surface area contributed by atoms with Crippen molar-refractivity contribution in [3.8, 4) is 0 Å². The largest absolute Gasteiger partial charge is 0.492 e. The third-order valence-corrected chi connectivity index (χ3v) is 4.82. The van der Waals surface area contributed by atoms with Gasteiger partial charge < -0.3 is 14.2 Å². The van der Waals surface area contributed by atoms with Crippen molar-refractivity contribution >= 4 is 21.9 Å². The standard InChI is InChI=1S/C6H8O2S.C5H12O4S/c1-2-8-6-4-9-3-5(6)7-1;1-5(3-4-9-2)10(6,7)8/h3,6H,1-2,4H2;5H,3-4H2,1-2H3,(H,6,7,8). The van der Waals surface area contributed by atoms with E-state index >= 15 is 0 Å². The lowest BCUT2D eigenvalue weighted by Crippen LogP contribution is -2.25. The molecule has 112 valence electrons. The fourth-order valence-electron chi connectivity index (χ4n) is 1.42. The molecule has 8 heteroatoms. The molecule has 19 heavy (non-hydrogen) atoms. The maximum Gasteiger partial charge on any atom is 0.267 e. The van der Waals surface area contributed by atoms with E-state index in [-0.39, 0.29) is 6.10 Å². The summed E-state index contributed by atoms with van der Waals surface area (Å²) in [5.41, 5.74) is 0. The Morgan fingerprint density at radius 3 is 2.89 bits per heavy atom. The van der Waals surface area contributed by atoms with Gasteiger partial charge in [-0.15, -0.1) is 11.8 Å². The molecule has 0 aromatic heterocycles. The van der Waals surface area contributed by atoms with Gasteiger partial charge in [0.2, 0.25) is 0 Å². The van der Waals surface area contributed by atoms with Gasteiger partial charge in [-0.2, -0.15) is 8.42 Å². The van der Waals surface area contributed by atoms with Crippen LogP contribution in [0.25, 0.3) is 0 Å². The van der Waals surface area contributed by atoms with E-state index < -0.39 is 15.4 Å². The summed E-state index contributed by atoms with van der Waals surface area (Å²) in [6.07, 6.45) is 0.596. The lowest BCUT2D eigenvalue weighted by Gasteiger charge is -2.21. The Kier molecular flexibility index (Phi) is 7.16. The van der Waals surface area contributed by atoms with Crippen LogP contribution in [-0.4, -0.2) is 57.0 Å². The summed E-state index contributed by atoms with van der Waals surface area (Å²) in [6.45, 7) is 3.26. The predicted molar refractivity (Wildman–Crippen MR) is 73.7 cm³/mol. The van der Waals surface area contributed by atoms with Crippen LogP contribution in [-0.2, 0) is 24.3 Å². The molecule has 0 aliphatic carbocycles. The predicted octanol–water partition coefficient (Wildman–Crippen LogP) is 1.29. The Labute approximate surface area is 118 Å². The number of fused-ring (bicyclic) bond motifs is 1. The van der Waals surface area contributed by atoms with E-state index in [1.54, 1.807) is 11.8 Å². The summed E-state index contributed by atoms with van der Waals surface area (Å²) in [7, 11) is -2.37. The van der Waals surface area contributed by atoms with E-state index in [2.05, 4.69) is 4.74 Å². The van der Waals surface area contributed by atoms with Crippen LogP contribution >= 0.6 is 11.8 Å². The van der Waals surface area contributed by atoms with Gasteiger partial charge >= 0.3 is 0 Å². The molecule has 1 saturated heterocycles. The molecule has 2 atom stereocenters. The highest BCUT2D eigenvalue weighted by Gasteiger charge is 2.24. The summed E-state index contributed by atoms with van der Waals surface area (Å²) < 4.78 is 44.4. The lowest BCUT2D eigenvalue weighted by atomic mass is 10.3. The van der Waals surface area contributed by atoms with Crippen molar-refractivity contribution in [1.29, 1.82) is 0 Å². The fraction of sp³-hybridized carbons (Fsp3) is 0.818. The van der Waals surface area contributed by atoms with Gasteiger partial charge in [0.15, 0.2) is 0 Å². The van der Waals surface area contributed by atoms with Gasteiger partial charge in [-0.25, -0.2) is 0 Å². The van der Waals surface area contributed by atoms with E-state index in [0.717, 1.165) is 24.7 Å². The molecule has 2 unspecified atom stereocenters. The van der Waals surface area contributed by atoms with Crippen molar-refractivity contribution in [2.45, 2.75) is 24.7 Å². The Bertz CT molecular complexity index is 392. The van der Waals surface area contributed by atoms with Gasteiger partial charge in [-0.3, -0.25) is 4.55 Å². The molecule has 2 aliphatic rings. The first-order valence-electron chi connectivity index (χ1n) is 5.96. The fourth-order valence-corrected chi connectivity index (χ4v) is 2.73. The first-order valence-corrected chi connectivity index (χ1v) is 8.51. The molecule has 6 nitrogen and oxygen atoms in total.